The molecule has 0 spiro atoms. The van der Waals surface area contributed by atoms with Crippen LogP contribution in [0.5, 0.6) is 0 Å². The van der Waals surface area contributed by atoms with E-state index in [0.717, 1.165) is 33.8 Å². The summed E-state index contributed by atoms with van der Waals surface area (Å²) < 4.78 is 8.18. The molecule has 6 nitrogen and oxygen atoms in total. The molecule has 0 aliphatic rings. The van der Waals surface area contributed by atoms with Crippen LogP contribution >= 0.6 is 11.3 Å². The molecule has 0 unspecified atom stereocenters. The second-order valence-electron chi connectivity index (χ2n) is 5.90. The molecule has 3 aromatic rings. The number of nitrogens with two attached hydrogens (primary N) is 1. The molecule has 0 atom stereocenters. The molecule has 23 heavy (non-hydrogen) atoms. The lowest BCUT2D eigenvalue weighted by atomic mass is 10.1. The maximum Gasteiger partial charge on any atom is 0.181 e. The average Bonchev–Trinajstić information content (AvgIpc) is 3.05. The molecule has 7 heteroatoms. The van der Waals surface area contributed by atoms with Gasteiger partial charge in [-0.05, 0) is 24.1 Å². The van der Waals surface area contributed by atoms with Crippen LogP contribution in [0.25, 0.3) is 21.6 Å². The van der Waals surface area contributed by atoms with Crippen LogP contribution in [0.4, 0.5) is 5.13 Å². The summed E-state index contributed by atoms with van der Waals surface area (Å²) in [6.07, 6.45) is 0.860. The fourth-order valence-corrected chi connectivity index (χ4v) is 3.19. The number of hydrogen-bond donors (Lipinski definition) is 1. The summed E-state index contributed by atoms with van der Waals surface area (Å²) in [5.74, 6) is 2.23. The molecule has 122 valence electrons. The highest BCUT2D eigenvalue weighted by atomic mass is 32.1. The first kappa shape index (κ1) is 15.9. The minimum absolute atomic E-state index is 0.516. The van der Waals surface area contributed by atoms with Crippen molar-refractivity contribution in [3.63, 3.8) is 0 Å². The number of nitrogens with zero attached hydrogens (tertiary/aromatic N) is 4. The van der Waals surface area contributed by atoms with Gasteiger partial charge in [0.25, 0.3) is 0 Å². The van der Waals surface area contributed by atoms with Gasteiger partial charge in [-0.2, -0.15) is 5.10 Å². The number of thiazole rings is 1. The van der Waals surface area contributed by atoms with Gasteiger partial charge in [-0.1, -0.05) is 25.2 Å². The van der Waals surface area contributed by atoms with E-state index in [2.05, 4.69) is 23.9 Å². The van der Waals surface area contributed by atoms with Crippen molar-refractivity contribution < 1.29 is 4.74 Å². The molecule has 1 aromatic carbocycles. The highest BCUT2D eigenvalue weighted by Crippen LogP contribution is 2.28. The summed E-state index contributed by atoms with van der Waals surface area (Å²) in [4.78, 5) is 9.09. The Morgan fingerprint density at radius 2 is 2.13 bits per heavy atom. The smallest absolute Gasteiger partial charge is 0.181 e. The summed E-state index contributed by atoms with van der Waals surface area (Å²) in [6.45, 7) is 5.61. The van der Waals surface area contributed by atoms with Crippen molar-refractivity contribution in [1.82, 2.24) is 19.7 Å². The minimum atomic E-state index is 0.516. The summed E-state index contributed by atoms with van der Waals surface area (Å²) in [6, 6.07) is 6.11. The molecular formula is C16H21N5OS. The topological polar surface area (TPSA) is 78.8 Å². The van der Waals surface area contributed by atoms with Gasteiger partial charge in [0, 0.05) is 19.1 Å². The molecule has 2 heterocycles. The van der Waals surface area contributed by atoms with Crippen LogP contribution in [-0.4, -0.2) is 33.5 Å². The maximum atomic E-state index is 5.79. The number of nitrogen functional groups attached to an aromatic ring is 1. The molecule has 0 saturated carbocycles. The molecule has 0 aliphatic heterocycles. The van der Waals surface area contributed by atoms with Crippen LogP contribution in [-0.2, 0) is 17.7 Å². The van der Waals surface area contributed by atoms with Gasteiger partial charge >= 0.3 is 0 Å². The molecule has 2 aromatic heterocycles. The zero-order valence-corrected chi connectivity index (χ0v) is 14.4. The lowest BCUT2D eigenvalue weighted by molar-refractivity contribution is 0.184. The third-order valence-electron chi connectivity index (χ3n) is 3.48. The van der Waals surface area contributed by atoms with Crippen molar-refractivity contribution in [2.45, 2.75) is 26.8 Å². The van der Waals surface area contributed by atoms with Gasteiger partial charge in [0.05, 0.1) is 23.4 Å². The van der Waals surface area contributed by atoms with E-state index in [1.165, 1.54) is 11.3 Å². The minimum Gasteiger partial charge on any atom is -0.383 e. The van der Waals surface area contributed by atoms with Crippen molar-refractivity contribution >= 4 is 26.7 Å². The van der Waals surface area contributed by atoms with E-state index in [-0.39, 0.29) is 0 Å². The quantitative estimate of drug-likeness (QED) is 0.751. The largest absolute Gasteiger partial charge is 0.383 e. The first-order valence-electron chi connectivity index (χ1n) is 7.66. The van der Waals surface area contributed by atoms with Crippen LogP contribution in [0.2, 0.25) is 0 Å². The second-order valence-corrected chi connectivity index (χ2v) is 6.96. The van der Waals surface area contributed by atoms with Crippen LogP contribution in [0.3, 0.4) is 0 Å². The Morgan fingerprint density at radius 3 is 2.87 bits per heavy atom. The third-order valence-corrected chi connectivity index (χ3v) is 4.34. The Bertz CT molecular complexity index is 808. The number of aromatic nitrogens is 4. The monoisotopic (exact) mass is 331 g/mol. The molecular weight excluding hydrogens is 310 g/mol. The van der Waals surface area contributed by atoms with E-state index in [4.69, 9.17) is 15.5 Å². The summed E-state index contributed by atoms with van der Waals surface area (Å²) in [5.41, 5.74) is 7.69. The van der Waals surface area contributed by atoms with Gasteiger partial charge in [0.2, 0.25) is 0 Å². The van der Waals surface area contributed by atoms with Gasteiger partial charge in [-0.3, -0.25) is 0 Å². The lowest BCUT2D eigenvalue weighted by Crippen LogP contribution is -2.08. The Balaban J connectivity index is 2.01. The van der Waals surface area contributed by atoms with Crippen molar-refractivity contribution in [1.29, 1.82) is 0 Å². The van der Waals surface area contributed by atoms with E-state index < -0.39 is 0 Å². The third kappa shape index (κ3) is 3.51. The zero-order valence-electron chi connectivity index (χ0n) is 13.6. The normalized spacial score (nSPS) is 11.7. The van der Waals surface area contributed by atoms with E-state index in [1.54, 1.807) is 7.11 Å². The van der Waals surface area contributed by atoms with Crippen LogP contribution in [0.1, 0.15) is 19.7 Å². The number of rotatable bonds is 6. The average molecular weight is 331 g/mol. The van der Waals surface area contributed by atoms with Gasteiger partial charge in [0.1, 0.15) is 0 Å². The van der Waals surface area contributed by atoms with Crippen molar-refractivity contribution in [2.24, 2.45) is 5.92 Å². The van der Waals surface area contributed by atoms with Crippen LogP contribution in [0.15, 0.2) is 18.2 Å². The number of fused-ring (bicyclic) bond motifs is 1. The van der Waals surface area contributed by atoms with E-state index in [0.29, 0.717) is 24.2 Å². The fourth-order valence-electron chi connectivity index (χ4n) is 2.47. The van der Waals surface area contributed by atoms with Crippen LogP contribution < -0.4 is 5.73 Å². The van der Waals surface area contributed by atoms with Crippen molar-refractivity contribution in [2.75, 3.05) is 19.5 Å². The highest BCUT2D eigenvalue weighted by Gasteiger charge is 2.14. The first-order valence-corrected chi connectivity index (χ1v) is 8.47. The van der Waals surface area contributed by atoms with E-state index in [9.17, 15) is 0 Å². The fraction of sp³-hybridized carbons (Fsp3) is 0.438. The number of anilines is 1. The van der Waals surface area contributed by atoms with E-state index >= 15 is 0 Å². The van der Waals surface area contributed by atoms with E-state index in [1.807, 2.05) is 22.9 Å². The summed E-state index contributed by atoms with van der Waals surface area (Å²) >= 11 is 1.49. The number of benzene rings is 1. The lowest BCUT2D eigenvalue weighted by Gasteiger charge is -2.05. The van der Waals surface area contributed by atoms with Crippen LogP contribution in [0, 0.1) is 5.92 Å². The van der Waals surface area contributed by atoms with Gasteiger partial charge < -0.3 is 10.5 Å². The molecule has 0 aliphatic carbocycles. The second kappa shape index (κ2) is 6.64. The SMILES string of the molecule is COCCn1nc(CC(C)C)nc1-c1ccc2sc(N)nc2c1. The van der Waals surface area contributed by atoms with Gasteiger partial charge in [0.15, 0.2) is 16.8 Å². The van der Waals surface area contributed by atoms with Crippen molar-refractivity contribution in [3.05, 3.63) is 24.0 Å². The molecule has 3 rings (SSSR count). The van der Waals surface area contributed by atoms with Gasteiger partial charge in [-0.15, -0.1) is 0 Å². The molecule has 0 radical (unpaired) electrons. The predicted octanol–water partition coefficient (Wildman–Crippen LogP) is 2.98. The predicted molar refractivity (Wildman–Crippen MR) is 93.5 cm³/mol. The Morgan fingerprint density at radius 1 is 1.30 bits per heavy atom. The van der Waals surface area contributed by atoms with Gasteiger partial charge in [-0.25, -0.2) is 14.6 Å². The maximum absolute atomic E-state index is 5.79. The Kier molecular flexibility index (Phi) is 4.58. The number of methoxy groups -OCH3 is 1. The Labute approximate surface area is 139 Å². The molecule has 0 fully saturated rings. The number of hydrogen-bond acceptors (Lipinski definition) is 6. The Hall–Kier alpha value is -1.99. The molecule has 2 N–H and O–H groups in total. The molecule has 0 bridgehead atoms. The summed E-state index contributed by atoms with van der Waals surface area (Å²) in [5, 5.41) is 5.21. The number of ether oxygens (including phenoxy) is 1. The first-order chi connectivity index (χ1) is 11.1. The zero-order chi connectivity index (χ0) is 16.4. The summed E-state index contributed by atoms with van der Waals surface area (Å²) in [7, 11) is 1.69. The standard InChI is InChI=1S/C16H21N5OS/c1-10(2)8-14-19-15(21(20-14)6-7-22-3)11-4-5-13-12(9-11)18-16(17)23-13/h4-5,9-10H,6-8H2,1-3H3,(H2,17,18). The molecule has 0 amide bonds. The highest BCUT2D eigenvalue weighted by molar-refractivity contribution is 7.22. The molecule has 0 saturated heterocycles. The van der Waals surface area contributed by atoms with Crippen molar-refractivity contribution in [3.8, 4) is 11.4 Å².